The van der Waals surface area contributed by atoms with Crippen LogP contribution >= 0.6 is 0 Å². The van der Waals surface area contributed by atoms with Gasteiger partial charge in [0, 0.05) is 35.3 Å². The molecular formula is C22H14FN5O. The molecule has 0 spiro atoms. The van der Waals surface area contributed by atoms with Crippen molar-refractivity contribution in [3.8, 4) is 34.3 Å². The summed E-state index contributed by atoms with van der Waals surface area (Å²) < 4.78 is 15.0. The van der Waals surface area contributed by atoms with Crippen LogP contribution in [0.1, 0.15) is 5.56 Å². The van der Waals surface area contributed by atoms with Crippen molar-refractivity contribution in [2.75, 3.05) is 5.73 Å². The predicted octanol–water partition coefficient (Wildman–Crippen LogP) is 3.55. The van der Waals surface area contributed by atoms with Gasteiger partial charge in [0.2, 0.25) is 0 Å². The summed E-state index contributed by atoms with van der Waals surface area (Å²) in [7, 11) is 0. The van der Waals surface area contributed by atoms with Crippen molar-refractivity contribution in [3.05, 3.63) is 94.9 Å². The van der Waals surface area contributed by atoms with Crippen molar-refractivity contribution in [2.45, 2.75) is 0 Å². The van der Waals surface area contributed by atoms with Crippen molar-refractivity contribution in [2.24, 2.45) is 0 Å². The van der Waals surface area contributed by atoms with Crippen LogP contribution < -0.4 is 11.3 Å². The third-order valence-electron chi connectivity index (χ3n) is 4.44. The van der Waals surface area contributed by atoms with Crippen LogP contribution in [0.25, 0.3) is 28.2 Å². The third kappa shape index (κ3) is 3.35. The topological polar surface area (TPSA) is 97.6 Å². The zero-order valence-electron chi connectivity index (χ0n) is 15.1. The average Bonchev–Trinajstić information content (AvgIpc) is 2.76. The number of anilines is 1. The monoisotopic (exact) mass is 383 g/mol. The van der Waals surface area contributed by atoms with E-state index >= 15 is 0 Å². The van der Waals surface area contributed by atoms with Gasteiger partial charge in [0.1, 0.15) is 5.82 Å². The van der Waals surface area contributed by atoms with E-state index in [0.29, 0.717) is 33.8 Å². The summed E-state index contributed by atoms with van der Waals surface area (Å²) in [5.41, 5.74) is 7.35. The second kappa shape index (κ2) is 7.37. The molecule has 4 rings (SSSR count). The van der Waals surface area contributed by atoms with Gasteiger partial charge in [-0.1, -0.05) is 18.2 Å². The Bertz CT molecular complexity index is 1310. The molecule has 0 bridgehead atoms. The van der Waals surface area contributed by atoms with E-state index in [9.17, 15) is 14.4 Å². The summed E-state index contributed by atoms with van der Waals surface area (Å²) in [5, 5.41) is 9.47. The smallest absolute Gasteiger partial charge is 0.263 e. The number of nitrogens with two attached hydrogens (primary N) is 1. The SMILES string of the molecule is N#Cc1ccccc1-c1cc(-c2ncccn2)cn(-c2ccc(F)c(N)c2)c1=O. The fourth-order valence-electron chi connectivity index (χ4n) is 3.03. The number of nitrogen functional groups attached to an aromatic ring is 1. The maximum Gasteiger partial charge on any atom is 0.263 e. The van der Waals surface area contributed by atoms with Crippen molar-refractivity contribution >= 4 is 5.69 Å². The van der Waals surface area contributed by atoms with Crippen LogP contribution in [-0.4, -0.2) is 14.5 Å². The lowest BCUT2D eigenvalue weighted by Gasteiger charge is -2.13. The van der Waals surface area contributed by atoms with Gasteiger partial charge in [-0.2, -0.15) is 5.26 Å². The van der Waals surface area contributed by atoms with E-state index in [-0.39, 0.29) is 11.2 Å². The minimum Gasteiger partial charge on any atom is -0.396 e. The van der Waals surface area contributed by atoms with Gasteiger partial charge in [-0.25, -0.2) is 14.4 Å². The number of hydrogen-bond donors (Lipinski definition) is 1. The number of rotatable bonds is 3. The normalized spacial score (nSPS) is 10.5. The molecule has 140 valence electrons. The van der Waals surface area contributed by atoms with E-state index in [2.05, 4.69) is 16.0 Å². The van der Waals surface area contributed by atoms with Crippen LogP contribution in [0.2, 0.25) is 0 Å². The van der Waals surface area contributed by atoms with Gasteiger partial charge in [-0.15, -0.1) is 0 Å². The molecule has 2 heterocycles. The molecule has 0 aliphatic carbocycles. The van der Waals surface area contributed by atoms with Crippen LogP contribution in [0.15, 0.2) is 78.0 Å². The number of nitriles is 1. The van der Waals surface area contributed by atoms with Gasteiger partial charge >= 0.3 is 0 Å². The van der Waals surface area contributed by atoms with Crippen molar-refractivity contribution in [1.82, 2.24) is 14.5 Å². The largest absolute Gasteiger partial charge is 0.396 e. The second-order valence-electron chi connectivity index (χ2n) is 6.25. The maximum absolute atomic E-state index is 13.6. The first-order chi connectivity index (χ1) is 14.1. The molecule has 0 aliphatic rings. The molecule has 4 aromatic rings. The van der Waals surface area contributed by atoms with E-state index in [0.717, 1.165) is 0 Å². The highest BCUT2D eigenvalue weighted by Crippen LogP contribution is 2.26. The summed E-state index contributed by atoms with van der Waals surface area (Å²) in [6.45, 7) is 0. The molecule has 0 unspecified atom stereocenters. The summed E-state index contributed by atoms with van der Waals surface area (Å²) in [4.78, 5) is 21.8. The molecule has 0 atom stereocenters. The number of pyridine rings is 1. The summed E-state index contributed by atoms with van der Waals surface area (Å²) in [5.74, 6) is -0.161. The quantitative estimate of drug-likeness (QED) is 0.546. The molecule has 0 saturated heterocycles. The molecule has 7 heteroatoms. The standard InChI is InChI=1S/C22H14FN5O/c23-19-7-6-16(11-20(19)25)28-13-15(21-26-8-3-9-27-21)10-18(22(28)29)17-5-2-1-4-14(17)12-24/h1-11,13H,25H2. The fraction of sp³-hybridized carbons (Fsp3) is 0. The van der Waals surface area contributed by atoms with E-state index in [1.165, 1.54) is 22.8 Å². The van der Waals surface area contributed by atoms with Gasteiger partial charge in [0.25, 0.3) is 5.56 Å². The van der Waals surface area contributed by atoms with Gasteiger partial charge in [0.05, 0.1) is 23.0 Å². The molecule has 0 radical (unpaired) electrons. The molecule has 0 aliphatic heterocycles. The van der Waals surface area contributed by atoms with E-state index < -0.39 is 5.82 Å². The second-order valence-corrected chi connectivity index (χ2v) is 6.25. The fourth-order valence-corrected chi connectivity index (χ4v) is 3.03. The zero-order chi connectivity index (χ0) is 20.4. The molecule has 0 fully saturated rings. The maximum atomic E-state index is 13.6. The Kier molecular flexibility index (Phi) is 4.59. The summed E-state index contributed by atoms with van der Waals surface area (Å²) in [6.07, 6.45) is 4.76. The van der Waals surface area contributed by atoms with E-state index in [1.807, 2.05) is 0 Å². The number of aromatic nitrogens is 3. The number of benzene rings is 2. The summed E-state index contributed by atoms with van der Waals surface area (Å²) >= 11 is 0. The first-order valence-corrected chi connectivity index (χ1v) is 8.67. The van der Waals surface area contributed by atoms with Crippen LogP contribution in [0.4, 0.5) is 10.1 Å². The Morgan fingerprint density at radius 2 is 1.76 bits per heavy atom. The third-order valence-corrected chi connectivity index (χ3v) is 4.44. The van der Waals surface area contributed by atoms with Crippen LogP contribution in [-0.2, 0) is 0 Å². The number of halogens is 1. The molecule has 2 aromatic heterocycles. The molecule has 2 N–H and O–H groups in total. The van der Waals surface area contributed by atoms with E-state index in [4.69, 9.17) is 5.73 Å². The van der Waals surface area contributed by atoms with Crippen molar-refractivity contribution in [1.29, 1.82) is 5.26 Å². The highest BCUT2D eigenvalue weighted by atomic mass is 19.1. The molecule has 29 heavy (non-hydrogen) atoms. The Balaban J connectivity index is 2.04. The Morgan fingerprint density at radius 3 is 2.48 bits per heavy atom. The zero-order valence-corrected chi connectivity index (χ0v) is 15.1. The summed E-state index contributed by atoms with van der Waals surface area (Å²) in [6, 6.07) is 16.3. The number of nitrogens with zero attached hydrogens (tertiary/aromatic N) is 4. The van der Waals surface area contributed by atoms with Crippen LogP contribution in [0, 0.1) is 17.1 Å². The molecule has 2 aromatic carbocycles. The van der Waals surface area contributed by atoms with Gasteiger partial charge in [-0.3, -0.25) is 9.36 Å². The average molecular weight is 383 g/mol. The first kappa shape index (κ1) is 18.1. The van der Waals surface area contributed by atoms with Crippen LogP contribution in [0.3, 0.4) is 0 Å². The molecular weight excluding hydrogens is 369 g/mol. The minimum absolute atomic E-state index is 0.0743. The van der Waals surface area contributed by atoms with Crippen LogP contribution in [0.5, 0.6) is 0 Å². The highest BCUT2D eigenvalue weighted by molar-refractivity contribution is 5.74. The molecule has 0 amide bonds. The number of hydrogen-bond acceptors (Lipinski definition) is 5. The van der Waals surface area contributed by atoms with Gasteiger partial charge in [0.15, 0.2) is 5.82 Å². The lowest BCUT2D eigenvalue weighted by atomic mass is 10.00. The highest BCUT2D eigenvalue weighted by Gasteiger charge is 2.16. The minimum atomic E-state index is -0.570. The first-order valence-electron chi connectivity index (χ1n) is 8.67. The Hall–Kier alpha value is -4.31. The Morgan fingerprint density at radius 1 is 1.00 bits per heavy atom. The van der Waals surface area contributed by atoms with Crippen molar-refractivity contribution < 1.29 is 4.39 Å². The molecule has 0 saturated carbocycles. The predicted molar refractivity (Wildman–Crippen MR) is 108 cm³/mol. The lowest BCUT2D eigenvalue weighted by molar-refractivity contribution is 0.632. The van der Waals surface area contributed by atoms with Gasteiger partial charge in [-0.05, 0) is 36.4 Å². The Labute approximate surface area is 165 Å². The molecule has 6 nitrogen and oxygen atoms in total. The lowest BCUT2D eigenvalue weighted by Crippen LogP contribution is -2.20. The van der Waals surface area contributed by atoms with Crippen molar-refractivity contribution in [3.63, 3.8) is 0 Å². The van der Waals surface area contributed by atoms with Gasteiger partial charge < -0.3 is 5.73 Å². The van der Waals surface area contributed by atoms with E-state index in [1.54, 1.807) is 55.0 Å².